The normalized spacial score (nSPS) is 15.0. The highest BCUT2D eigenvalue weighted by atomic mass is 35.5. The molecule has 1 aliphatic rings. The lowest BCUT2D eigenvalue weighted by atomic mass is 9.94. The van der Waals surface area contributed by atoms with Crippen LogP contribution in [-0.2, 0) is 0 Å². The van der Waals surface area contributed by atoms with Gasteiger partial charge in [0, 0.05) is 30.2 Å². The zero-order valence-corrected chi connectivity index (χ0v) is 19.1. The number of halogens is 1. The number of hydrogen-bond acceptors (Lipinski definition) is 4. The fraction of sp³-hybridized carbons (Fsp3) is 0.458. The predicted molar refractivity (Wildman–Crippen MR) is 123 cm³/mol. The van der Waals surface area contributed by atoms with Gasteiger partial charge in [0.15, 0.2) is 5.65 Å². The van der Waals surface area contributed by atoms with Crippen molar-refractivity contribution >= 4 is 28.5 Å². The Morgan fingerprint density at radius 3 is 2.30 bits per heavy atom. The lowest BCUT2D eigenvalue weighted by Gasteiger charge is -2.32. The van der Waals surface area contributed by atoms with Crippen molar-refractivity contribution in [3.63, 3.8) is 0 Å². The van der Waals surface area contributed by atoms with Crippen molar-refractivity contribution in [2.45, 2.75) is 53.9 Å². The molecule has 0 N–H and O–H groups in total. The first-order chi connectivity index (χ1) is 14.3. The van der Waals surface area contributed by atoms with Crippen LogP contribution in [0.4, 0.5) is 5.82 Å². The van der Waals surface area contributed by atoms with E-state index >= 15 is 0 Å². The average molecular weight is 422 g/mol. The van der Waals surface area contributed by atoms with Gasteiger partial charge >= 0.3 is 0 Å². The van der Waals surface area contributed by atoms with Gasteiger partial charge in [-0.1, -0.05) is 11.6 Å². The molecule has 5 nitrogen and oxygen atoms in total. The molecule has 1 aromatic carbocycles. The van der Waals surface area contributed by atoms with Gasteiger partial charge in [0.05, 0.1) is 17.1 Å². The summed E-state index contributed by atoms with van der Waals surface area (Å²) in [6, 6.07) is 6.35. The largest absolute Gasteiger partial charge is 0.356 e. The summed E-state index contributed by atoms with van der Waals surface area (Å²) >= 11 is 6.30. The number of benzene rings is 1. The summed E-state index contributed by atoms with van der Waals surface area (Å²) in [4.78, 5) is 12.1. The maximum Gasteiger partial charge on any atom is 0.150 e. The van der Waals surface area contributed by atoms with Crippen LogP contribution in [-0.4, -0.2) is 27.6 Å². The van der Waals surface area contributed by atoms with Crippen molar-refractivity contribution in [3.05, 3.63) is 45.4 Å². The highest BCUT2D eigenvalue weighted by molar-refractivity contribution is 6.30. The number of rotatable bonds is 3. The highest BCUT2D eigenvalue weighted by Gasteiger charge is 2.26. The quantitative estimate of drug-likeness (QED) is 0.540. The minimum Gasteiger partial charge on any atom is -0.356 e. The number of aryl methyl sites for hydroxylation is 4. The summed E-state index contributed by atoms with van der Waals surface area (Å²) in [5, 5.41) is 10.9. The number of piperidine rings is 1. The topological polar surface area (TPSA) is 57.7 Å². The summed E-state index contributed by atoms with van der Waals surface area (Å²) in [5.41, 5.74) is 6.77. The lowest BCUT2D eigenvalue weighted by Crippen LogP contribution is -2.34. The number of nitrogens with zero attached hydrogens (tertiary/aromatic N) is 5. The molecule has 0 saturated carbocycles. The van der Waals surface area contributed by atoms with E-state index in [2.05, 4.69) is 43.2 Å². The second-order valence-electron chi connectivity index (χ2n) is 8.52. The molecule has 30 heavy (non-hydrogen) atoms. The maximum atomic E-state index is 9.02. The Hall–Kier alpha value is -2.58. The number of hydrogen-bond donors (Lipinski definition) is 0. The van der Waals surface area contributed by atoms with Crippen molar-refractivity contribution in [3.8, 4) is 11.8 Å². The number of aromatic nitrogens is 3. The van der Waals surface area contributed by atoms with Gasteiger partial charge in [-0.2, -0.15) is 5.26 Å². The van der Waals surface area contributed by atoms with E-state index in [1.54, 1.807) is 0 Å². The minimum atomic E-state index is 0.497. The van der Waals surface area contributed by atoms with Crippen LogP contribution >= 0.6 is 11.6 Å². The highest BCUT2D eigenvalue weighted by Crippen LogP contribution is 2.37. The second kappa shape index (κ2) is 7.92. The SMILES string of the molecule is Cc1nc(N2CCC(CC#N)CC2)c2c(C)c(C)n(-c3c(C)cc(Cl)cc3C)c2n1. The van der Waals surface area contributed by atoms with Gasteiger partial charge in [0.25, 0.3) is 0 Å². The molecule has 2 aromatic heterocycles. The Bertz CT molecular complexity index is 1140. The molecular weight excluding hydrogens is 394 g/mol. The first-order valence-electron chi connectivity index (χ1n) is 10.6. The third-order valence-electron chi connectivity index (χ3n) is 6.42. The molecule has 3 aromatic rings. The fourth-order valence-corrected chi connectivity index (χ4v) is 5.11. The third kappa shape index (κ3) is 3.44. The van der Waals surface area contributed by atoms with E-state index in [1.165, 1.54) is 11.3 Å². The molecule has 0 radical (unpaired) electrons. The molecule has 156 valence electrons. The van der Waals surface area contributed by atoms with E-state index in [1.807, 2.05) is 19.1 Å². The van der Waals surface area contributed by atoms with Crippen LogP contribution < -0.4 is 4.90 Å². The number of nitriles is 1. The van der Waals surface area contributed by atoms with E-state index in [4.69, 9.17) is 26.8 Å². The molecule has 0 aliphatic carbocycles. The monoisotopic (exact) mass is 421 g/mol. The second-order valence-corrected chi connectivity index (χ2v) is 8.96. The van der Waals surface area contributed by atoms with Crippen LogP contribution in [0.3, 0.4) is 0 Å². The third-order valence-corrected chi connectivity index (χ3v) is 6.64. The van der Waals surface area contributed by atoms with Gasteiger partial charge < -0.3 is 4.90 Å². The summed E-state index contributed by atoms with van der Waals surface area (Å²) in [5.74, 6) is 2.30. The Labute approximate surface area is 183 Å². The molecule has 1 saturated heterocycles. The zero-order valence-electron chi connectivity index (χ0n) is 18.4. The van der Waals surface area contributed by atoms with Crippen LogP contribution in [0.25, 0.3) is 16.7 Å². The summed E-state index contributed by atoms with van der Waals surface area (Å²) in [7, 11) is 0. The molecule has 3 heterocycles. The van der Waals surface area contributed by atoms with E-state index < -0.39 is 0 Å². The molecule has 1 fully saturated rings. The van der Waals surface area contributed by atoms with Crippen molar-refractivity contribution in [1.82, 2.24) is 14.5 Å². The Morgan fingerprint density at radius 2 is 1.70 bits per heavy atom. The van der Waals surface area contributed by atoms with Crippen LogP contribution in [0.15, 0.2) is 12.1 Å². The van der Waals surface area contributed by atoms with E-state index in [0.717, 1.165) is 70.4 Å². The summed E-state index contributed by atoms with van der Waals surface area (Å²) < 4.78 is 2.27. The molecule has 0 atom stereocenters. The van der Waals surface area contributed by atoms with Crippen molar-refractivity contribution < 1.29 is 0 Å². The molecule has 0 spiro atoms. The lowest BCUT2D eigenvalue weighted by molar-refractivity contribution is 0.411. The van der Waals surface area contributed by atoms with Crippen LogP contribution in [0, 0.1) is 51.9 Å². The molecule has 0 bridgehead atoms. The Morgan fingerprint density at radius 1 is 1.07 bits per heavy atom. The van der Waals surface area contributed by atoms with Gasteiger partial charge in [-0.3, -0.25) is 4.57 Å². The van der Waals surface area contributed by atoms with Gasteiger partial charge in [0.2, 0.25) is 0 Å². The van der Waals surface area contributed by atoms with Gasteiger partial charge in [-0.05, 0) is 82.2 Å². The van der Waals surface area contributed by atoms with Gasteiger partial charge in [-0.15, -0.1) is 0 Å². The van der Waals surface area contributed by atoms with Crippen LogP contribution in [0.1, 0.15) is 47.5 Å². The Balaban J connectivity index is 1.89. The zero-order chi connectivity index (χ0) is 21.6. The molecule has 6 heteroatoms. The number of anilines is 1. The molecule has 1 aliphatic heterocycles. The maximum absolute atomic E-state index is 9.02. The van der Waals surface area contributed by atoms with E-state index in [-0.39, 0.29) is 0 Å². The molecule has 0 amide bonds. The minimum absolute atomic E-state index is 0.497. The summed E-state index contributed by atoms with van der Waals surface area (Å²) in [6.07, 6.45) is 2.72. The fourth-order valence-electron chi connectivity index (χ4n) is 4.78. The van der Waals surface area contributed by atoms with E-state index in [0.29, 0.717) is 12.3 Å². The van der Waals surface area contributed by atoms with Crippen molar-refractivity contribution in [1.29, 1.82) is 5.26 Å². The van der Waals surface area contributed by atoms with Crippen molar-refractivity contribution in [2.75, 3.05) is 18.0 Å². The molecular formula is C24H28ClN5. The van der Waals surface area contributed by atoms with Crippen LogP contribution in [0.2, 0.25) is 5.02 Å². The number of fused-ring (bicyclic) bond motifs is 1. The standard InChI is InChI=1S/C24H28ClN5/c1-14-12-20(25)13-15(2)22(14)30-17(4)16(3)21-23(27-18(5)28-24(21)30)29-10-7-19(6-9-26)8-11-29/h12-13,19H,6-8,10-11H2,1-5H3. The predicted octanol–water partition coefficient (Wildman–Crippen LogP) is 5.75. The Kier molecular flexibility index (Phi) is 5.46. The first-order valence-corrected chi connectivity index (χ1v) is 10.9. The average Bonchev–Trinajstić information content (AvgIpc) is 2.92. The van der Waals surface area contributed by atoms with Crippen molar-refractivity contribution in [2.24, 2.45) is 5.92 Å². The van der Waals surface area contributed by atoms with Crippen LogP contribution in [0.5, 0.6) is 0 Å². The van der Waals surface area contributed by atoms with Gasteiger partial charge in [-0.25, -0.2) is 9.97 Å². The molecule has 0 unspecified atom stereocenters. The first kappa shape index (κ1) is 20.7. The smallest absolute Gasteiger partial charge is 0.150 e. The van der Waals surface area contributed by atoms with E-state index in [9.17, 15) is 0 Å². The van der Waals surface area contributed by atoms with Gasteiger partial charge in [0.1, 0.15) is 11.6 Å². The molecule has 4 rings (SSSR count). The summed E-state index contributed by atoms with van der Waals surface area (Å²) in [6.45, 7) is 12.4.